The van der Waals surface area contributed by atoms with Crippen LogP contribution >= 0.6 is 0 Å². The van der Waals surface area contributed by atoms with Gasteiger partial charge < -0.3 is 0 Å². The Bertz CT molecular complexity index is 189. The molecule has 0 N–H and O–H groups in total. The van der Waals surface area contributed by atoms with Crippen LogP contribution in [0.15, 0.2) is 0 Å². The minimum absolute atomic E-state index is 1.01. The van der Waals surface area contributed by atoms with Gasteiger partial charge in [0, 0.05) is 12.6 Å². The average Bonchev–Trinajstić information content (AvgIpc) is 2.63. The fraction of sp³-hybridized carbons (Fsp3) is 1.00. The van der Waals surface area contributed by atoms with Crippen molar-refractivity contribution in [3.8, 4) is 0 Å². The van der Waals surface area contributed by atoms with E-state index in [0.717, 1.165) is 23.8 Å². The van der Waals surface area contributed by atoms with E-state index in [4.69, 9.17) is 0 Å². The molecule has 0 aromatic heterocycles. The Kier molecular flexibility index (Phi) is 1.52. The monoisotopic (exact) mass is 165 g/mol. The summed E-state index contributed by atoms with van der Waals surface area (Å²) in [4.78, 5) is 2.77. The van der Waals surface area contributed by atoms with E-state index in [9.17, 15) is 0 Å². The SMILES string of the molecule is CC1CCC2C(C1)C1CCN2C1. The second-order valence-corrected chi connectivity index (χ2v) is 5.19. The van der Waals surface area contributed by atoms with Crippen LogP contribution in [0.1, 0.15) is 32.6 Å². The van der Waals surface area contributed by atoms with Crippen LogP contribution in [0.3, 0.4) is 0 Å². The molecule has 0 aromatic rings. The standard InChI is InChI=1S/C11H19N/c1-8-2-3-11-10(6-8)9-4-5-12(11)7-9/h8-11H,2-7H2,1H3. The van der Waals surface area contributed by atoms with Crippen molar-refractivity contribution in [1.82, 2.24) is 4.90 Å². The van der Waals surface area contributed by atoms with E-state index in [2.05, 4.69) is 11.8 Å². The Morgan fingerprint density at radius 2 is 2.08 bits per heavy atom. The molecule has 3 aliphatic rings. The molecular formula is C11H19N. The van der Waals surface area contributed by atoms with E-state index in [1.54, 1.807) is 0 Å². The third-order valence-corrected chi connectivity index (χ3v) is 4.45. The fourth-order valence-electron chi connectivity index (χ4n) is 3.84. The molecule has 0 spiro atoms. The first-order chi connectivity index (χ1) is 5.84. The third-order valence-electron chi connectivity index (χ3n) is 4.45. The van der Waals surface area contributed by atoms with Gasteiger partial charge in [0.25, 0.3) is 0 Å². The summed E-state index contributed by atoms with van der Waals surface area (Å²) in [6, 6.07) is 1.01. The van der Waals surface area contributed by atoms with Crippen molar-refractivity contribution in [1.29, 1.82) is 0 Å². The van der Waals surface area contributed by atoms with Gasteiger partial charge in [-0.2, -0.15) is 0 Å². The molecule has 0 radical (unpaired) electrons. The van der Waals surface area contributed by atoms with Crippen LogP contribution in [-0.4, -0.2) is 24.0 Å². The highest BCUT2D eigenvalue weighted by Gasteiger charge is 2.47. The molecule has 2 saturated heterocycles. The van der Waals surface area contributed by atoms with Crippen LogP contribution in [0.5, 0.6) is 0 Å². The Hall–Kier alpha value is -0.0400. The van der Waals surface area contributed by atoms with Crippen molar-refractivity contribution in [2.75, 3.05) is 13.1 Å². The molecule has 5 unspecified atom stereocenters. The number of nitrogens with zero attached hydrogens (tertiary/aromatic N) is 1. The Labute approximate surface area is 75.1 Å². The van der Waals surface area contributed by atoms with Gasteiger partial charge in [-0.1, -0.05) is 6.92 Å². The van der Waals surface area contributed by atoms with Crippen LogP contribution < -0.4 is 0 Å². The highest BCUT2D eigenvalue weighted by molar-refractivity contribution is 5.00. The second-order valence-electron chi connectivity index (χ2n) is 5.19. The molecule has 1 saturated carbocycles. The first-order valence-electron chi connectivity index (χ1n) is 5.58. The van der Waals surface area contributed by atoms with Crippen LogP contribution in [0.25, 0.3) is 0 Å². The quantitative estimate of drug-likeness (QED) is 0.531. The molecule has 0 amide bonds. The lowest BCUT2D eigenvalue weighted by atomic mass is 9.73. The average molecular weight is 165 g/mol. The molecule has 2 heterocycles. The topological polar surface area (TPSA) is 3.24 Å². The van der Waals surface area contributed by atoms with E-state index >= 15 is 0 Å². The zero-order chi connectivity index (χ0) is 8.13. The maximum atomic E-state index is 2.77. The van der Waals surface area contributed by atoms with Gasteiger partial charge in [0.05, 0.1) is 0 Å². The molecule has 1 nitrogen and oxygen atoms in total. The fourth-order valence-corrected chi connectivity index (χ4v) is 3.84. The number of hydrogen-bond acceptors (Lipinski definition) is 1. The summed E-state index contributed by atoms with van der Waals surface area (Å²) < 4.78 is 0. The summed E-state index contributed by atoms with van der Waals surface area (Å²) in [6.07, 6.45) is 6.03. The van der Waals surface area contributed by atoms with E-state index in [1.165, 1.54) is 38.8 Å². The van der Waals surface area contributed by atoms with E-state index in [0.29, 0.717) is 0 Å². The third kappa shape index (κ3) is 0.891. The zero-order valence-electron chi connectivity index (χ0n) is 8.00. The predicted molar refractivity (Wildman–Crippen MR) is 50.0 cm³/mol. The molecule has 2 bridgehead atoms. The summed E-state index contributed by atoms with van der Waals surface area (Å²) in [5.74, 6) is 3.21. The predicted octanol–water partition coefficient (Wildman–Crippen LogP) is 2.13. The van der Waals surface area contributed by atoms with Gasteiger partial charge in [-0.3, -0.25) is 4.90 Å². The summed E-state index contributed by atoms with van der Waals surface area (Å²) >= 11 is 0. The first-order valence-corrected chi connectivity index (χ1v) is 5.58. The van der Waals surface area contributed by atoms with E-state index in [-0.39, 0.29) is 0 Å². The lowest BCUT2D eigenvalue weighted by Gasteiger charge is -2.38. The van der Waals surface area contributed by atoms with E-state index in [1.807, 2.05) is 0 Å². The van der Waals surface area contributed by atoms with Gasteiger partial charge in [-0.25, -0.2) is 0 Å². The molecule has 5 atom stereocenters. The van der Waals surface area contributed by atoms with Gasteiger partial charge in [-0.15, -0.1) is 0 Å². The van der Waals surface area contributed by atoms with Crippen molar-refractivity contribution in [2.45, 2.75) is 38.6 Å². The zero-order valence-corrected chi connectivity index (χ0v) is 8.00. The molecule has 12 heavy (non-hydrogen) atoms. The number of hydrogen-bond donors (Lipinski definition) is 0. The van der Waals surface area contributed by atoms with Crippen LogP contribution in [0, 0.1) is 17.8 Å². The maximum absolute atomic E-state index is 2.77. The maximum Gasteiger partial charge on any atom is 0.0127 e. The summed E-state index contributed by atoms with van der Waals surface area (Å²) in [5.41, 5.74) is 0. The van der Waals surface area contributed by atoms with Gasteiger partial charge in [0.2, 0.25) is 0 Å². The molecule has 2 aliphatic heterocycles. The largest absolute Gasteiger partial charge is 0.300 e. The first kappa shape index (κ1) is 7.37. The van der Waals surface area contributed by atoms with Crippen molar-refractivity contribution in [2.24, 2.45) is 17.8 Å². The Balaban J connectivity index is 1.81. The second kappa shape index (κ2) is 2.47. The van der Waals surface area contributed by atoms with Crippen molar-refractivity contribution in [3.63, 3.8) is 0 Å². The highest BCUT2D eigenvalue weighted by atomic mass is 15.2. The number of fused-ring (bicyclic) bond motifs is 5. The van der Waals surface area contributed by atoms with Crippen molar-refractivity contribution in [3.05, 3.63) is 0 Å². The van der Waals surface area contributed by atoms with E-state index < -0.39 is 0 Å². The van der Waals surface area contributed by atoms with Gasteiger partial charge in [-0.05, 0) is 50.0 Å². The Morgan fingerprint density at radius 1 is 1.17 bits per heavy atom. The van der Waals surface area contributed by atoms with Crippen molar-refractivity contribution >= 4 is 0 Å². The minimum atomic E-state index is 1.01. The normalized spacial score (nSPS) is 57.2. The smallest absolute Gasteiger partial charge is 0.0127 e. The van der Waals surface area contributed by atoms with Crippen molar-refractivity contribution < 1.29 is 0 Å². The number of piperidine rings is 1. The van der Waals surface area contributed by atoms with Crippen LogP contribution in [0.4, 0.5) is 0 Å². The summed E-state index contributed by atoms with van der Waals surface area (Å²) in [6.45, 7) is 5.31. The Morgan fingerprint density at radius 3 is 3.00 bits per heavy atom. The van der Waals surface area contributed by atoms with Gasteiger partial charge in [0.15, 0.2) is 0 Å². The molecule has 1 heteroatoms. The van der Waals surface area contributed by atoms with Crippen LogP contribution in [-0.2, 0) is 0 Å². The highest BCUT2D eigenvalue weighted by Crippen LogP contribution is 2.46. The molecule has 1 aliphatic carbocycles. The molecule has 3 rings (SSSR count). The molecule has 0 aromatic carbocycles. The molecule has 68 valence electrons. The summed E-state index contributed by atoms with van der Waals surface area (Å²) in [5, 5.41) is 0. The van der Waals surface area contributed by atoms with Gasteiger partial charge in [0.1, 0.15) is 0 Å². The lowest BCUT2D eigenvalue weighted by Crippen LogP contribution is -2.39. The lowest BCUT2D eigenvalue weighted by molar-refractivity contribution is 0.122. The number of rotatable bonds is 0. The molecule has 3 fully saturated rings. The molecular weight excluding hydrogens is 146 g/mol. The van der Waals surface area contributed by atoms with Crippen LogP contribution in [0.2, 0.25) is 0 Å². The van der Waals surface area contributed by atoms with Gasteiger partial charge >= 0.3 is 0 Å². The minimum Gasteiger partial charge on any atom is -0.300 e. The summed E-state index contributed by atoms with van der Waals surface area (Å²) in [7, 11) is 0.